The van der Waals surface area contributed by atoms with Crippen molar-refractivity contribution in [2.75, 3.05) is 18.5 Å². The van der Waals surface area contributed by atoms with Gasteiger partial charge in [0.25, 0.3) is 0 Å². The SMILES string of the molecule is Cc1ccc2cc(N(C)CC(C)C(=O)O)ccc2c1. The largest absolute Gasteiger partial charge is 0.481 e. The monoisotopic (exact) mass is 257 g/mol. The molecule has 0 saturated carbocycles. The molecule has 0 bridgehead atoms. The third-order valence-corrected chi connectivity index (χ3v) is 3.39. The fourth-order valence-electron chi connectivity index (χ4n) is 2.18. The number of anilines is 1. The van der Waals surface area contributed by atoms with E-state index in [0.29, 0.717) is 6.54 Å². The van der Waals surface area contributed by atoms with Crippen molar-refractivity contribution in [2.45, 2.75) is 13.8 Å². The van der Waals surface area contributed by atoms with E-state index in [1.807, 2.05) is 18.0 Å². The molecule has 0 amide bonds. The maximum atomic E-state index is 10.9. The van der Waals surface area contributed by atoms with Gasteiger partial charge in [0, 0.05) is 19.3 Å². The minimum Gasteiger partial charge on any atom is -0.481 e. The Morgan fingerprint density at radius 1 is 1.21 bits per heavy atom. The number of hydrogen-bond donors (Lipinski definition) is 1. The van der Waals surface area contributed by atoms with Crippen LogP contribution >= 0.6 is 0 Å². The Morgan fingerprint density at radius 3 is 2.53 bits per heavy atom. The van der Waals surface area contributed by atoms with Crippen molar-refractivity contribution < 1.29 is 9.90 Å². The fraction of sp³-hybridized carbons (Fsp3) is 0.312. The second kappa shape index (κ2) is 5.31. The van der Waals surface area contributed by atoms with Crippen molar-refractivity contribution in [3.05, 3.63) is 42.0 Å². The Kier molecular flexibility index (Phi) is 3.74. The van der Waals surface area contributed by atoms with Crippen LogP contribution in [0, 0.1) is 12.8 Å². The number of carboxylic acid groups (broad SMARTS) is 1. The first-order valence-corrected chi connectivity index (χ1v) is 6.42. The highest BCUT2D eigenvalue weighted by Crippen LogP contribution is 2.23. The van der Waals surface area contributed by atoms with Crippen LogP contribution in [0.2, 0.25) is 0 Å². The van der Waals surface area contributed by atoms with Crippen LogP contribution in [0.15, 0.2) is 36.4 Å². The van der Waals surface area contributed by atoms with Crippen LogP contribution < -0.4 is 4.90 Å². The van der Waals surface area contributed by atoms with Crippen LogP contribution in [0.1, 0.15) is 12.5 Å². The van der Waals surface area contributed by atoms with Gasteiger partial charge in [-0.25, -0.2) is 0 Å². The highest BCUT2D eigenvalue weighted by molar-refractivity contribution is 5.86. The highest BCUT2D eigenvalue weighted by Gasteiger charge is 2.14. The Bertz CT molecular complexity index is 607. The van der Waals surface area contributed by atoms with Gasteiger partial charge in [-0.1, -0.05) is 36.8 Å². The molecule has 0 heterocycles. The van der Waals surface area contributed by atoms with Crippen molar-refractivity contribution in [3.8, 4) is 0 Å². The zero-order valence-corrected chi connectivity index (χ0v) is 11.6. The Morgan fingerprint density at radius 2 is 1.84 bits per heavy atom. The molecule has 19 heavy (non-hydrogen) atoms. The molecule has 2 rings (SSSR count). The third-order valence-electron chi connectivity index (χ3n) is 3.39. The van der Waals surface area contributed by atoms with Crippen molar-refractivity contribution >= 4 is 22.4 Å². The number of carbonyl (C=O) groups is 1. The average Bonchev–Trinajstić information content (AvgIpc) is 2.37. The van der Waals surface area contributed by atoms with Crippen LogP contribution in [-0.4, -0.2) is 24.7 Å². The second-order valence-electron chi connectivity index (χ2n) is 5.15. The summed E-state index contributed by atoms with van der Waals surface area (Å²) in [6.07, 6.45) is 0. The van der Waals surface area contributed by atoms with Crippen LogP contribution in [0.25, 0.3) is 10.8 Å². The van der Waals surface area contributed by atoms with E-state index in [0.717, 1.165) is 5.69 Å². The first-order chi connectivity index (χ1) is 8.97. The number of hydrogen-bond acceptors (Lipinski definition) is 2. The smallest absolute Gasteiger partial charge is 0.308 e. The standard InChI is InChI=1S/C16H19NO2/c1-11-4-5-14-9-15(7-6-13(14)8-11)17(3)10-12(2)16(18)19/h4-9,12H,10H2,1-3H3,(H,18,19). The fourth-order valence-corrected chi connectivity index (χ4v) is 2.18. The van der Waals surface area contributed by atoms with E-state index in [2.05, 4.69) is 37.3 Å². The van der Waals surface area contributed by atoms with E-state index < -0.39 is 5.97 Å². The number of aryl methyl sites for hydroxylation is 1. The number of nitrogens with zero attached hydrogens (tertiary/aromatic N) is 1. The molecule has 0 aliphatic rings. The van der Waals surface area contributed by atoms with Gasteiger partial charge >= 0.3 is 5.97 Å². The molecule has 0 aliphatic heterocycles. The molecule has 0 radical (unpaired) electrons. The minimum absolute atomic E-state index is 0.376. The lowest BCUT2D eigenvalue weighted by Gasteiger charge is -2.22. The highest BCUT2D eigenvalue weighted by atomic mass is 16.4. The third kappa shape index (κ3) is 3.05. The minimum atomic E-state index is -0.761. The molecule has 1 N–H and O–H groups in total. The summed E-state index contributed by atoms with van der Waals surface area (Å²) < 4.78 is 0. The van der Waals surface area contributed by atoms with Crippen LogP contribution in [0.4, 0.5) is 5.69 Å². The average molecular weight is 257 g/mol. The van der Waals surface area contributed by atoms with E-state index >= 15 is 0 Å². The number of aliphatic carboxylic acids is 1. The molecule has 0 aliphatic carbocycles. The quantitative estimate of drug-likeness (QED) is 0.913. The molecule has 3 heteroatoms. The van der Waals surface area contributed by atoms with Gasteiger partial charge in [-0.2, -0.15) is 0 Å². The molecule has 1 unspecified atom stereocenters. The Labute approximate surface area is 113 Å². The van der Waals surface area contributed by atoms with Gasteiger partial charge in [0.05, 0.1) is 5.92 Å². The summed E-state index contributed by atoms with van der Waals surface area (Å²) in [5.41, 5.74) is 2.29. The molecule has 3 nitrogen and oxygen atoms in total. The van der Waals surface area contributed by atoms with Crippen molar-refractivity contribution in [3.63, 3.8) is 0 Å². The predicted octanol–water partition coefficient (Wildman–Crippen LogP) is 3.31. The van der Waals surface area contributed by atoms with Gasteiger partial charge in [0.1, 0.15) is 0 Å². The summed E-state index contributed by atoms with van der Waals surface area (Å²) >= 11 is 0. The number of benzene rings is 2. The first kappa shape index (κ1) is 13.4. The zero-order valence-electron chi connectivity index (χ0n) is 11.6. The van der Waals surface area contributed by atoms with E-state index in [9.17, 15) is 4.79 Å². The molecule has 0 saturated heterocycles. The molecular formula is C16H19NO2. The lowest BCUT2D eigenvalue weighted by molar-refractivity contribution is -0.140. The molecule has 1 atom stereocenters. The maximum Gasteiger partial charge on any atom is 0.308 e. The predicted molar refractivity (Wildman–Crippen MR) is 78.8 cm³/mol. The van der Waals surface area contributed by atoms with E-state index in [-0.39, 0.29) is 5.92 Å². The lowest BCUT2D eigenvalue weighted by atomic mass is 10.1. The Balaban J connectivity index is 2.25. The molecule has 0 aromatic heterocycles. The topological polar surface area (TPSA) is 40.5 Å². The van der Waals surface area contributed by atoms with E-state index in [1.54, 1.807) is 6.92 Å². The van der Waals surface area contributed by atoms with Crippen molar-refractivity contribution in [1.82, 2.24) is 0 Å². The van der Waals surface area contributed by atoms with Gasteiger partial charge in [-0.3, -0.25) is 4.79 Å². The maximum absolute atomic E-state index is 10.9. The summed E-state index contributed by atoms with van der Waals surface area (Å²) in [5.74, 6) is -1.14. The second-order valence-corrected chi connectivity index (χ2v) is 5.15. The van der Waals surface area contributed by atoms with Gasteiger partial charge in [0.2, 0.25) is 0 Å². The molecule has 0 spiro atoms. The Hall–Kier alpha value is -2.03. The normalized spacial score (nSPS) is 12.4. The lowest BCUT2D eigenvalue weighted by Crippen LogP contribution is -2.28. The van der Waals surface area contributed by atoms with Crippen molar-refractivity contribution in [2.24, 2.45) is 5.92 Å². The number of rotatable bonds is 4. The summed E-state index contributed by atoms with van der Waals surface area (Å²) in [5, 5.41) is 11.3. The molecule has 2 aromatic rings. The van der Waals surface area contributed by atoms with Crippen LogP contribution in [0.5, 0.6) is 0 Å². The van der Waals surface area contributed by atoms with Crippen molar-refractivity contribution in [1.29, 1.82) is 0 Å². The summed E-state index contributed by atoms with van der Waals surface area (Å²) in [6.45, 7) is 4.31. The summed E-state index contributed by atoms with van der Waals surface area (Å²) in [4.78, 5) is 12.9. The van der Waals surface area contributed by atoms with E-state index in [4.69, 9.17) is 5.11 Å². The first-order valence-electron chi connectivity index (χ1n) is 6.42. The number of fused-ring (bicyclic) bond motifs is 1. The van der Waals surface area contributed by atoms with Gasteiger partial charge in [0.15, 0.2) is 0 Å². The summed E-state index contributed by atoms with van der Waals surface area (Å²) in [6, 6.07) is 12.6. The van der Waals surface area contributed by atoms with Gasteiger partial charge < -0.3 is 10.0 Å². The van der Waals surface area contributed by atoms with E-state index in [1.165, 1.54) is 16.3 Å². The zero-order chi connectivity index (χ0) is 14.0. The van der Waals surface area contributed by atoms with Gasteiger partial charge in [-0.15, -0.1) is 0 Å². The summed E-state index contributed by atoms with van der Waals surface area (Å²) in [7, 11) is 1.93. The van der Waals surface area contributed by atoms with Crippen LogP contribution in [-0.2, 0) is 4.79 Å². The number of carboxylic acids is 1. The van der Waals surface area contributed by atoms with Gasteiger partial charge in [-0.05, 0) is 29.8 Å². The van der Waals surface area contributed by atoms with Crippen LogP contribution in [0.3, 0.4) is 0 Å². The molecular weight excluding hydrogens is 238 g/mol. The molecule has 0 fully saturated rings. The molecule has 100 valence electrons. The molecule has 2 aromatic carbocycles.